The van der Waals surface area contributed by atoms with Crippen molar-refractivity contribution in [1.82, 2.24) is 0 Å². The summed E-state index contributed by atoms with van der Waals surface area (Å²) in [5, 5.41) is 0.399. The normalized spacial score (nSPS) is 13.7. The fourth-order valence-corrected chi connectivity index (χ4v) is 5.40. The molecule has 0 aliphatic rings. The summed E-state index contributed by atoms with van der Waals surface area (Å²) in [6.45, 7) is 2.61. The van der Waals surface area contributed by atoms with E-state index in [1.807, 2.05) is 6.07 Å². The average Bonchev–Trinajstić information content (AvgIpc) is 2.94. The van der Waals surface area contributed by atoms with Gasteiger partial charge in [0.05, 0.1) is 25.4 Å². The van der Waals surface area contributed by atoms with Crippen LogP contribution in [0.3, 0.4) is 0 Å². The Morgan fingerprint density at radius 2 is 1.28 bits per heavy atom. The van der Waals surface area contributed by atoms with Gasteiger partial charge in [0.15, 0.2) is 0 Å². The van der Waals surface area contributed by atoms with Crippen LogP contribution < -0.4 is 0 Å². The standard InChI is InChI=1S/C30H52BrO7P/c1-2-3-4-5-6-7-8-9-10-11-12-13-14-15-16-20-24-35-26-29(27-37-39(33,34)36-25-23-31)38-30(32)28-21-18-17-19-22-28/h17-19,21-22,29H,2-16,20,23-27H2,1H3,(H,33,34). The first-order chi connectivity index (χ1) is 19.0. The van der Waals surface area contributed by atoms with Crippen molar-refractivity contribution in [2.75, 3.05) is 31.8 Å². The maximum absolute atomic E-state index is 12.4. The van der Waals surface area contributed by atoms with Crippen LogP contribution in [0.4, 0.5) is 0 Å². The maximum atomic E-state index is 12.4. The summed E-state index contributed by atoms with van der Waals surface area (Å²) in [4.78, 5) is 22.2. The Kier molecular flexibility index (Phi) is 23.2. The number of halogens is 1. The minimum atomic E-state index is -4.23. The van der Waals surface area contributed by atoms with E-state index < -0.39 is 19.9 Å². The van der Waals surface area contributed by atoms with Crippen LogP contribution in [0.25, 0.3) is 0 Å². The van der Waals surface area contributed by atoms with Crippen molar-refractivity contribution in [1.29, 1.82) is 0 Å². The number of hydrogen-bond acceptors (Lipinski definition) is 6. The van der Waals surface area contributed by atoms with Crippen LogP contribution in [0.15, 0.2) is 30.3 Å². The molecule has 0 spiro atoms. The number of esters is 1. The molecule has 0 radical (unpaired) electrons. The van der Waals surface area contributed by atoms with Crippen molar-refractivity contribution in [2.45, 2.75) is 116 Å². The number of phosphoric acid groups is 1. The Labute approximate surface area is 245 Å². The number of carbonyl (C=O) groups is 1. The van der Waals surface area contributed by atoms with Crippen molar-refractivity contribution in [3.63, 3.8) is 0 Å². The van der Waals surface area contributed by atoms with Crippen molar-refractivity contribution in [2.24, 2.45) is 0 Å². The van der Waals surface area contributed by atoms with E-state index in [2.05, 4.69) is 22.9 Å². The minimum Gasteiger partial charge on any atom is -0.454 e. The summed E-state index contributed by atoms with van der Waals surface area (Å²) in [6.07, 6.45) is 20.1. The Balaban J connectivity index is 2.13. The lowest BCUT2D eigenvalue weighted by Gasteiger charge is -2.20. The highest BCUT2D eigenvalue weighted by molar-refractivity contribution is 9.09. The zero-order chi connectivity index (χ0) is 28.4. The Morgan fingerprint density at radius 3 is 1.79 bits per heavy atom. The molecule has 39 heavy (non-hydrogen) atoms. The van der Waals surface area contributed by atoms with Gasteiger partial charge in [-0.15, -0.1) is 0 Å². The van der Waals surface area contributed by atoms with Gasteiger partial charge in [0.2, 0.25) is 0 Å². The van der Waals surface area contributed by atoms with Crippen LogP contribution in [0.1, 0.15) is 120 Å². The first-order valence-corrected chi connectivity index (χ1v) is 17.6. The van der Waals surface area contributed by atoms with E-state index in [9.17, 15) is 14.3 Å². The predicted octanol–water partition coefficient (Wildman–Crippen LogP) is 9.02. The largest absolute Gasteiger partial charge is 0.472 e. The number of alkyl halides is 1. The zero-order valence-corrected chi connectivity index (χ0v) is 26.5. The molecule has 0 bridgehead atoms. The van der Waals surface area contributed by atoms with E-state index in [0.717, 1.165) is 12.8 Å². The summed E-state index contributed by atoms with van der Waals surface area (Å²) < 4.78 is 33.0. The van der Waals surface area contributed by atoms with Gasteiger partial charge in [0.25, 0.3) is 0 Å². The van der Waals surface area contributed by atoms with E-state index in [1.165, 1.54) is 89.9 Å². The van der Waals surface area contributed by atoms with E-state index in [0.29, 0.717) is 17.5 Å². The van der Waals surface area contributed by atoms with Gasteiger partial charge < -0.3 is 14.4 Å². The van der Waals surface area contributed by atoms with E-state index >= 15 is 0 Å². The van der Waals surface area contributed by atoms with Crippen LogP contribution in [-0.2, 0) is 23.1 Å². The molecule has 0 saturated carbocycles. The third-order valence-electron chi connectivity index (χ3n) is 6.48. The fourth-order valence-electron chi connectivity index (χ4n) is 4.24. The van der Waals surface area contributed by atoms with Crippen LogP contribution in [0.2, 0.25) is 0 Å². The third kappa shape index (κ3) is 21.6. The number of carbonyl (C=O) groups excluding carboxylic acids is 1. The van der Waals surface area contributed by atoms with Crippen LogP contribution in [0, 0.1) is 0 Å². The highest BCUT2D eigenvalue weighted by Gasteiger charge is 2.25. The maximum Gasteiger partial charge on any atom is 0.472 e. The first kappa shape index (κ1) is 36.3. The van der Waals surface area contributed by atoms with Gasteiger partial charge in [-0.25, -0.2) is 9.36 Å². The lowest BCUT2D eigenvalue weighted by molar-refractivity contribution is -0.0253. The molecule has 1 rings (SSSR count). The lowest BCUT2D eigenvalue weighted by Crippen LogP contribution is -2.28. The molecule has 1 aromatic carbocycles. The van der Waals surface area contributed by atoms with Gasteiger partial charge >= 0.3 is 13.8 Å². The molecule has 0 amide bonds. The highest BCUT2D eigenvalue weighted by atomic mass is 79.9. The monoisotopic (exact) mass is 634 g/mol. The molecule has 1 N–H and O–H groups in total. The molecular weight excluding hydrogens is 583 g/mol. The molecule has 0 aliphatic carbocycles. The van der Waals surface area contributed by atoms with Gasteiger partial charge in [-0.2, -0.15) is 0 Å². The number of ether oxygens (including phenoxy) is 2. The lowest BCUT2D eigenvalue weighted by atomic mass is 10.0. The number of phosphoric ester groups is 1. The SMILES string of the molecule is CCCCCCCCCCCCCCCCCCOCC(COP(=O)(O)OCCBr)OC(=O)c1ccccc1. The van der Waals surface area contributed by atoms with E-state index in [4.69, 9.17) is 18.5 Å². The summed E-state index contributed by atoms with van der Waals surface area (Å²) in [5.74, 6) is -0.538. The molecular formula is C30H52BrO7P. The molecule has 0 heterocycles. The van der Waals surface area contributed by atoms with E-state index in [1.54, 1.807) is 24.3 Å². The second-order valence-corrected chi connectivity index (χ2v) is 12.3. The number of hydrogen-bond donors (Lipinski definition) is 1. The minimum absolute atomic E-state index is 0.0258. The quantitative estimate of drug-likeness (QED) is 0.0447. The summed E-state index contributed by atoms with van der Waals surface area (Å²) in [7, 11) is -4.23. The molecule has 2 atom stereocenters. The molecule has 2 unspecified atom stereocenters. The fraction of sp³-hybridized carbons (Fsp3) is 0.767. The van der Waals surface area contributed by atoms with Crippen molar-refractivity contribution in [3.05, 3.63) is 35.9 Å². The zero-order valence-electron chi connectivity index (χ0n) is 24.0. The molecule has 226 valence electrons. The van der Waals surface area contributed by atoms with Crippen LogP contribution >= 0.6 is 23.8 Å². The number of rotatable bonds is 27. The first-order valence-electron chi connectivity index (χ1n) is 15.0. The Bertz CT molecular complexity index is 750. The molecule has 7 nitrogen and oxygen atoms in total. The molecule has 1 aromatic rings. The van der Waals surface area contributed by atoms with Crippen LogP contribution in [-0.4, -0.2) is 48.7 Å². The molecule has 0 aliphatic heterocycles. The molecule has 0 saturated heterocycles. The summed E-state index contributed by atoms with van der Waals surface area (Å²) in [5.41, 5.74) is 0.392. The molecule has 0 aromatic heterocycles. The summed E-state index contributed by atoms with van der Waals surface area (Å²) >= 11 is 3.13. The van der Waals surface area contributed by atoms with Crippen molar-refractivity contribution < 1.29 is 32.8 Å². The third-order valence-corrected chi connectivity index (χ3v) is 7.79. The summed E-state index contributed by atoms with van der Waals surface area (Å²) in [6, 6.07) is 8.58. The van der Waals surface area contributed by atoms with Crippen molar-refractivity contribution in [3.8, 4) is 0 Å². The average molecular weight is 636 g/mol. The topological polar surface area (TPSA) is 91.3 Å². The van der Waals surface area contributed by atoms with Crippen LogP contribution in [0.5, 0.6) is 0 Å². The predicted molar refractivity (Wildman–Crippen MR) is 162 cm³/mol. The smallest absolute Gasteiger partial charge is 0.454 e. The van der Waals surface area contributed by atoms with Gasteiger partial charge in [0.1, 0.15) is 6.10 Å². The Morgan fingerprint density at radius 1 is 0.769 bits per heavy atom. The van der Waals surface area contributed by atoms with Gasteiger partial charge in [-0.3, -0.25) is 9.05 Å². The Hall–Kier alpha value is -0.760. The molecule has 9 heteroatoms. The van der Waals surface area contributed by atoms with Gasteiger partial charge in [0, 0.05) is 11.9 Å². The van der Waals surface area contributed by atoms with Crippen molar-refractivity contribution >= 4 is 29.7 Å². The van der Waals surface area contributed by atoms with Gasteiger partial charge in [-0.05, 0) is 18.6 Å². The number of unbranched alkanes of at least 4 members (excludes halogenated alkanes) is 15. The van der Waals surface area contributed by atoms with Gasteiger partial charge in [-0.1, -0.05) is 137 Å². The molecule has 0 fully saturated rings. The second kappa shape index (κ2) is 25.0. The van der Waals surface area contributed by atoms with E-state index in [-0.39, 0.29) is 19.8 Å². The highest BCUT2D eigenvalue weighted by Crippen LogP contribution is 2.43. The number of benzene rings is 1. The second-order valence-electron chi connectivity index (χ2n) is 10.1.